The summed E-state index contributed by atoms with van der Waals surface area (Å²) in [4.78, 5) is 23.1. The first-order valence-corrected chi connectivity index (χ1v) is 10.5. The minimum Gasteiger partial charge on any atom is -0.493 e. The van der Waals surface area contributed by atoms with Crippen LogP contribution in [0.1, 0.15) is 16.8 Å². The number of hydrogen-bond acceptors (Lipinski definition) is 6. The number of aryl methyl sites for hydroxylation is 1. The quantitative estimate of drug-likeness (QED) is 0.424. The van der Waals surface area contributed by atoms with Gasteiger partial charge in [0.15, 0.2) is 5.16 Å². The molecule has 2 aromatic heterocycles. The Bertz CT molecular complexity index is 1010. The number of aromatic nitrogens is 4. The van der Waals surface area contributed by atoms with E-state index >= 15 is 0 Å². The number of nitrogens with zero attached hydrogens (tertiary/aromatic N) is 5. The first kappa shape index (κ1) is 19.7. The summed E-state index contributed by atoms with van der Waals surface area (Å²) in [6.45, 7) is 1.51. The van der Waals surface area contributed by atoms with E-state index in [1.165, 1.54) is 17.3 Å². The molecule has 0 aliphatic carbocycles. The normalized spacial score (nSPS) is 12.5. The van der Waals surface area contributed by atoms with Gasteiger partial charge in [-0.3, -0.25) is 9.48 Å². The Morgan fingerprint density at radius 3 is 2.90 bits per heavy atom. The lowest BCUT2D eigenvalue weighted by atomic mass is 10.1. The maximum absolute atomic E-state index is 13.0. The summed E-state index contributed by atoms with van der Waals surface area (Å²) in [5, 5.41) is 5.51. The van der Waals surface area contributed by atoms with Gasteiger partial charge in [-0.05, 0) is 23.3 Å². The molecule has 4 rings (SSSR count). The molecule has 150 valence electrons. The summed E-state index contributed by atoms with van der Waals surface area (Å²) in [6, 6.07) is 7.83. The van der Waals surface area contributed by atoms with Crippen molar-refractivity contribution < 1.29 is 9.53 Å². The van der Waals surface area contributed by atoms with Crippen molar-refractivity contribution in [2.45, 2.75) is 24.7 Å². The van der Waals surface area contributed by atoms with E-state index in [0.29, 0.717) is 35.6 Å². The number of amides is 1. The summed E-state index contributed by atoms with van der Waals surface area (Å²) in [5.74, 6) is 1.14. The Morgan fingerprint density at radius 1 is 1.31 bits per heavy atom. The van der Waals surface area contributed by atoms with Crippen LogP contribution in [0.3, 0.4) is 0 Å². The molecule has 1 aliphatic heterocycles. The third-order valence-electron chi connectivity index (χ3n) is 4.54. The standard InChI is InChI=1S/C20H20ClN5O2S/c1-25-11-16(21)17(24-25)12-26(19(27)13-29-20-22-6-2-7-23-20)10-14-3-4-18-15(9-14)5-8-28-18/h2-4,6-7,9,11H,5,8,10,12-13H2,1H3. The zero-order valence-electron chi connectivity index (χ0n) is 15.9. The van der Waals surface area contributed by atoms with Crippen molar-refractivity contribution in [2.75, 3.05) is 12.4 Å². The van der Waals surface area contributed by atoms with Crippen molar-refractivity contribution in [2.24, 2.45) is 7.05 Å². The minimum atomic E-state index is -0.0269. The largest absolute Gasteiger partial charge is 0.493 e. The number of thioether (sulfide) groups is 1. The van der Waals surface area contributed by atoms with Crippen LogP contribution in [0.2, 0.25) is 5.02 Å². The monoisotopic (exact) mass is 429 g/mol. The van der Waals surface area contributed by atoms with Gasteiger partial charge in [-0.15, -0.1) is 0 Å². The van der Waals surface area contributed by atoms with Gasteiger partial charge in [0.1, 0.15) is 11.4 Å². The first-order valence-electron chi connectivity index (χ1n) is 9.18. The summed E-state index contributed by atoms with van der Waals surface area (Å²) in [5.41, 5.74) is 2.90. The van der Waals surface area contributed by atoms with Crippen LogP contribution < -0.4 is 4.74 Å². The molecule has 1 aromatic carbocycles. The Hall–Kier alpha value is -2.58. The van der Waals surface area contributed by atoms with Crippen molar-refractivity contribution in [3.05, 3.63) is 64.7 Å². The van der Waals surface area contributed by atoms with Gasteiger partial charge in [0.05, 0.1) is 23.9 Å². The lowest BCUT2D eigenvalue weighted by Gasteiger charge is -2.22. The van der Waals surface area contributed by atoms with Gasteiger partial charge in [-0.2, -0.15) is 5.10 Å². The zero-order chi connectivity index (χ0) is 20.2. The van der Waals surface area contributed by atoms with Crippen molar-refractivity contribution in [3.63, 3.8) is 0 Å². The fraction of sp³-hybridized carbons (Fsp3) is 0.300. The third kappa shape index (κ3) is 4.89. The SMILES string of the molecule is Cn1cc(Cl)c(CN(Cc2ccc3c(c2)CCO3)C(=O)CSc2ncccn2)n1. The fourth-order valence-corrected chi connectivity index (χ4v) is 4.11. The van der Waals surface area contributed by atoms with E-state index in [4.69, 9.17) is 16.3 Å². The molecule has 0 spiro atoms. The highest BCUT2D eigenvalue weighted by molar-refractivity contribution is 7.99. The number of rotatable bonds is 7. The van der Waals surface area contributed by atoms with Crippen LogP contribution >= 0.6 is 23.4 Å². The van der Waals surface area contributed by atoms with Crippen LogP contribution in [0.15, 0.2) is 48.0 Å². The highest BCUT2D eigenvalue weighted by Gasteiger charge is 2.20. The van der Waals surface area contributed by atoms with Gasteiger partial charge in [0.2, 0.25) is 5.91 Å². The third-order valence-corrected chi connectivity index (χ3v) is 5.72. The number of halogens is 1. The first-order chi connectivity index (χ1) is 14.1. The van der Waals surface area contributed by atoms with Crippen molar-refractivity contribution in [1.82, 2.24) is 24.6 Å². The minimum absolute atomic E-state index is 0.0269. The fourth-order valence-electron chi connectivity index (χ4n) is 3.16. The molecule has 0 N–H and O–H groups in total. The van der Waals surface area contributed by atoms with Crippen LogP contribution in [0, 0.1) is 0 Å². The molecular formula is C20H20ClN5O2S. The van der Waals surface area contributed by atoms with Crippen LogP contribution in [0.5, 0.6) is 5.75 Å². The number of benzene rings is 1. The average molecular weight is 430 g/mol. The second-order valence-electron chi connectivity index (χ2n) is 6.71. The number of hydrogen-bond donors (Lipinski definition) is 0. The molecule has 0 unspecified atom stereocenters. The summed E-state index contributed by atoms with van der Waals surface area (Å²) < 4.78 is 7.23. The highest BCUT2D eigenvalue weighted by atomic mass is 35.5. The predicted octanol–water partition coefficient (Wildman–Crippen LogP) is 3.12. The Balaban J connectivity index is 1.51. The highest BCUT2D eigenvalue weighted by Crippen LogP contribution is 2.27. The smallest absolute Gasteiger partial charge is 0.233 e. The second kappa shape index (κ2) is 8.84. The molecule has 3 aromatic rings. The Labute approximate surface area is 178 Å². The molecule has 0 bridgehead atoms. The molecule has 0 atom stereocenters. The Kier molecular flexibility index (Phi) is 6.01. The zero-order valence-corrected chi connectivity index (χ0v) is 17.5. The number of carbonyl (C=O) groups is 1. The number of carbonyl (C=O) groups excluding carboxylic acids is 1. The van der Waals surface area contributed by atoms with Crippen LogP contribution in [0.4, 0.5) is 0 Å². The molecule has 3 heterocycles. The Morgan fingerprint density at radius 2 is 2.14 bits per heavy atom. The average Bonchev–Trinajstić information content (AvgIpc) is 3.31. The second-order valence-corrected chi connectivity index (χ2v) is 8.06. The summed E-state index contributed by atoms with van der Waals surface area (Å²) in [6.07, 6.45) is 5.96. The molecule has 1 aliphatic rings. The van der Waals surface area contributed by atoms with E-state index in [2.05, 4.69) is 21.1 Å². The predicted molar refractivity (Wildman–Crippen MR) is 111 cm³/mol. The lowest BCUT2D eigenvalue weighted by molar-refractivity contribution is -0.129. The van der Waals surface area contributed by atoms with Crippen molar-refractivity contribution in [3.8, 4) is 5.75 Å². The maximum atomic E-state index is 13.0. The number of ether oxygens (including phenoxy) is 1. The molecule has 0 radical (unpaired) electrons. The van der Waals surface area contributed by atoms with Crippen LogP contribution in [-0.4, -0.2) is 42.9 Å². The van der Waals surface area contributed by atoms with Crippen molar-refractivity contribution >= 4 is 29.3 Å². The lowest BCUT2D eigenvalue weighted by Crippen LogP contribution is -2.32. The van der Waals surface area contributed by atoms with E-state index in [-0.39, 0.29) is 11.7 Å². The van der Waals surface area contributed by atoms with Gasteiger partial charge in [0.25, 0.3) is 0 Å². The molecular weight excluding hydrogens is 410 g/mol. The van der Waals surface area contributed by atoms with Gasteiger partial charge in [-0.1, -0.05) is 35.5 Å². The molecule has 0 saturated heterocycles. The van der Waals surface area contributed by atoms with Crippen LogP contribution in [-0.2, 0) is 31.4 Å². The van der Waals surface area contributed by atoms with E-state index in [1.54, 1.807) is 34.2 Å². The molecule has 9 heteroatoms. The van der Waals surface area contributed by atoms with E-state index in [0.717, 1.165) is 17.7 Å². The van der Waals surface area contributed by atoms with E-state index in [9.17, 15) is 4.79 Å². The summed E-state index contributed by atoms with van der Waals surface area (Å²) in [7, 11) is 1.81. The van der Waals surface area contributed by atoms with Gasteiger partial charge < -0.3 is 9.64 Å². The van der Waals surface area contributed by atoms with E-state index < -0.39 is 0 Å². The van der Waals surface area contributed by atoms with Gasteiger partial charge >= 0.3 is 0 Å². The van der Waals surface area contributed by atoms with Crippen molar-refractivity contribution in [1.29, 1.82) is 0 Å². The summed E-state index contributed by atoms with van der Waals surface area (Å²) >= 11 is 7.60. The molecule has 29 heavy (non-hydrogen) atoms. The molecule has 0 fully saturated rings. The maximum Gasteiger partial charge on any atom is 0.233 e. The molecule has 1 amide bonds. The van der Waals surface area contributed by atoms with E-state index in [1.807, 2.05) is 19.2 Å². The van der Waals surface area contributed by atoms with Gasteiger partial charge in [-0.25, -0.2) is 9.97 Å². The van der Waals surface area contributed by atoms with Gasteiger partial charge in [0, 0.05) is 38.6 Å². The van der Waals surface area contributed by atoms with Crippen LogP contribution in [0.25, 0.3) is 0 Å². The molecule has 0 saturated carbocycles. The topological polar surface area (TPSA) is 73.1 Å². The molecule has 7 nitrogen and oxygen atoms in total. The number of fused-ring (bicyclic) bond motifs is 1.